The Labute approximate surface area is 240 Å². The normalized spacial score (nSPS) is 13.6. The number of hydrogen-bond donors (Lipinski definition) is 1. The van der Waals surface area contributed by atoms with E-state index >= 15 is 0 Å². The molecule has 1 aliphatic rings. The van der Waals surface area contributed by atoms with Crippen molar-refractivity contribution < 1.29 is 19.0 Å². The van der Waals surface area contributed by atoms with Crippen molar-refractivity contribution in [2.45, 2.75) is 59.6 Å². The van der Waals surface area contributed by atoms with Crippen LogP contribution in [0.25, 0.3) is 32.8 Å². The molecule has 3 aromatic carbocycles. The molecule has 0 saturated heterocycles. The number of H-pyrrole nitrogens is 1. The third-order valence-corrected chi connectivity index (χ3v) is 7.93. The largest absolute Gasteiger partial charge is 0.493 e. The van der Waals surface area contributed by atoms with E-state index in [2.05, 4.69) is 64.2 Å². The standard InChI is InChI=1S/C34H37N3O4/c1-4-40-34(38)33-26(13-9-19-41-30-14-7-10-24-16-15-22(2)20-28(24)30)25-11-8-12-27-31-23(3)35-36-29(31)21-39-18-6-5-17-37(33)32(25)27/h7-8,10-12,14-16,20H,4-6,9,13,17-19,21H2,1-3H3,(H,35,36). The Balaban J connectivity index is 1.39. The number of nitrogens with one attached hydrogen (secondary N) is 1. The molecule has 7 nitrogen and oxygen atoms in total. The number of rotatable bonds is 7. The molecule has 2 aromatic heterocycles. The number of aryl methyl sites for hydroxylation is 4. The topological polar surface area (TPSA) is 78.4 Å². The van der Waals surface area contributed by atoms with Crippen LogP contribution < -0.4 is 4.74 Å². The summed E-state index contributed by atoms with van der Waals surface area (Å²) in [5.74, 6) is 0.617. The van der Waals surface area contributed by atoms with E-state index in [-0.39, 0.29) is 5.97 Å². The summed E-state index contributed by atoms with van der Waals surface area (Å²) in [6, 6.07) is 18.9. The molecule has 5 aromatic rings. The molecule has 0 radical (unpaired) electrons. The van der Waals surface area contributed by atoms with E-state index in [0.717, 1.165) is 69.4 Å². The molecule has 0 atom stereocenters. The summed E-state index contributed by atoms with van der Waals surface area (Å²) in [6.07, 6.45) is 3.26. The van der Waals surface area contributed by atoms with Gasteiger partial charge in [-0.15, -0.1) is 0 Å². The molecule has 41 heavy (non-hydrogen) atoms. The number of benzene rings is 3. The summed E-state index contributed by atoms with van der Waals surface area (Å²) in [6.45, 7) is 8.69. The molecule has 1 aliphatic heterocycles. The van der Waals surface area contributed by atoms with Crippen molar-refractivity contribution in [1.29, 1.82) is 0 Å². The minimum atomic E-state index is -0.273. The number of aromatic amines is 1. The maximum Gasteiger partial charge on any atom is 0.355 e. The molecular formula is C34H37N3O4. The molecule has 6 rings (SSSR count). The maximum absolute atomic E-state index is 13.5. The van der Waals surface area contributed by atoms with Crippen LogP contribution in [-0.2, 0) is 29.0 Å². The maximum atomic E-state index is 13.5. The van der Waals surface area contributed by atoms with E-state index in [0.29, 0.717) is 45.1 Å². The summed E-state index contributed by atoms with van der Waals surface area (Å²) < 4.78 is 20.1. The van der Waals surface area contributed by atoms with Crippen molar-refractivity contribution >= 4 is 27.6 Å². The average molecular weight is 552 g/mol. The van der Waals surface area contributed by atoms with Gasteiger partial charge in [0.25, 0.3) is 0 Å². The van der Waals surface area contributed by atoms with Gasteiger partial charge in [-0.2, -0.15) is 5.10 Å². The van der Waals surface area contributed by atoms with Crippen molar-refractivity contribution in [3.63, 3.8) is 0 Å². The van der Waals surface area contributed by atoms with Gasteiger partial charge in [-0.1, -0.05) is 48.0 Å². The molecule has 1 N–H and O–H groups in total. The zero-order valence-electron chi connectivity index (χ0n) is 24.1. The Morgan fingerprint density at radius 3 is 2.83 bits per heavy atom. The van der Waals surface area contributed by atoms with E-state index in [9.17, 15) is 4.79 Å². The highest BCUT2D eigenvalue weighted by Crippen LogP contribution is 2.38. The lowest BCUT2D eigenvalue weighted by atomic mass is 9.98. The number of nitrogens with zero attached hydrogens (tertiary/aromatic N) is 2. The lowest BCUT2D eigenvalue weighted by Crippen LogP contribution is -2.15. The van der Waals surface area contributed by atoms with Crippen LogP contribution in [0.3, 0.4) is 0 Å². The summed E-state index contributed by atoms with van der Waals surface area (Å²) in [7, 11) is 0. The molecule has 0 saturated carbocycles. The number of esters is 1. The Morgan fingerprint density at radius 1 is 1.07 bits per heavy atom. The van der Waals surface area contributed by atoms with Crippen LogP contribution in [0.15, 0.2) is 54.6 Å². The number of carbonyl (C=O) groups excluding carboxylic acids is 1. The van der Waals surface area contributed by atoms with Crippen molar-refractivity contribution in [2.24, 2.45) is 0 Å². The van der Waals surface area contributed by atoms with Gasteiger partial charge in [-0.05, 0) is 69.5 Å². The molecule has 0 aliphatic carbocycles. The van der Waals surface area contributed by atoms with Gasteiger partial charge >= 0.3 is 5.97 Å². The smallest absolute Gasteiger partial charge is 0.355 e. The van der Waals surface area contributed by atoms with Crippen LogP contribution in [0.1, 0.15) is 59.2 Å². The van der Waals surface area contributed by atoms with Gasteiger partial charge in [0, 0.05) is 40.7 Å². The summed E-state index contributed by atoms with van der Waals surface area (Å²) >= 11 is 0. The van der Waals surface area contributed by atoms with Crippen molar-refractivity contribution in [1.82, 2.24) is 14.8 Å². The molecule has 3 heterocycles. The van der Waals surface area contributed by atoms with Crippen LogP contribution in [-0.4, -0.2) is 40.6 Å². The van der Waals surface area contributed by atoms with E-state index in [4.69, 9.17) is 14.2 Å². The second-order valence-electron chi connectivity index (χ2n) is 10.8. The van der Waals surface area contributed by atoms with E-state index in [1.807, 2.05) is 26.0 Å². The number of carbonyl (C=O) groups is 1. The fraction of sp³-hybridized carbons (Fsp3) is 0.353. The highest BCUT2D eigenvalue weighted by Gasteiger charge is 2.27. The summed E-state index contributed by atoms with van der Waals surface area (Å²) in [5, 5.41) is 11.1. The Bertz CT molecular complexity index is 1710. The van der Waals surface area contributed by atoms with Gasteiger partial charge in [0.1, 0.15) is 11.4 Å². The van der Waals surface area contributed by atoms with Gasteiger partial charge in [0.2, 0.25) is 0 Å². The highest BCUT2D eigenvalue weighted by molar-refractivity contribution is 6.05. The molecule has 0 fully saturated rings. The second kappa shape index (κ2) is 11.8. The van der Waals surface area contributed by atoms with Crippen LogP contribution >= 0.6 is 0 Å². The molecule has 0 unspecified atom stereocenters. The Kier molecular flexibility index (Phi) is 7.79. The number of para-hydroxylation sites is 1. The summed E-state index contributed by atoms with van der Waals surface area (Å²) in [4.78, 5) is 13.5. The zero-order chi connectivity index (χ0) is 28.3. The molecular weight excluding hydrogens is 514 g/mol. The first-order chi connectivity index (χ1) is 20.1. The van der Waals surface area contributed by atoms with E-state index < -0.39 is 0 Å². The molecule has 0 amide bonds. The van der Waals surface area contributed by atoms with Gasteiger partial charge < -0.3 is 18.8 Å². The van der Waals surface area contributed by atoms with Crippen LogP contribution in [0.4, 0.5) is 0 Å². The van der Waals surface area contributed by atoms with Crippen LogP contribution in [0.2, 0.25) is 0 Å². The third kappa shape index (κ3) is 5.22. The van der Waals surface area contributed by atoms with Crippen LogP contribution in [0.5, 0.6) is 5.75 Å². The molecule has 212 valence electrons. The first-order valence-corrected chi connectivity index (χ1v) is 14.6. The number of aromatic nitrogens is 3. The predicted octanol–water partition coefficient (Wildman–Crippen LogP) is 7.30. The fourth-order valence-electron chi connectivity index (χ4n) is 6.09. The van der Waals surface area contributed by atoms with Gasteiger partial charge in [0.15, 0.2) is 0 Å². The Morgan fingerprint density at radius 2 is 1.95 bits per heavy atom. The number of hydrogen-bond acceptors (Lipinski definition) is 5. The molecule has 0 spiro atoms. The van der Waals surface area contributed by atoms with Gasteiger partial charge in [-0.3, -0.25) is 5.10 Å². The lowest BCUT2D eigenvalue weighted by Gasteiger charge is -2.13. The monoisotopic (exact) mass is 551 g/mol. The van der Waals surface area contributed by atoms with Gasteiger partial charge in [-0.25, -0.2) is 4.79 Å². The van der Waals surface area contributed by atoms with Crippen LogP contribution in [0, 0.1) is 13.8 Å². The van der Waals surface area contributed by atoms with E-state index in [1.165, 1.54) is 10.9 Å². The van der Waals surface area contributed by atoms with Gasteiger partial charge in [0.05, 0.1) is 31.0 Å². The second-order valence-corrected chi connectivity index (χ2v) is 10.8. The number of fused-ring (bicyclic) bond motifs is 3. The van der Waals surface area contributed by atoms with Crippen molar-refractivity contribution in [2.75, 3.05) is 19.8 Å². The van der Waals surface area contributed by atoms with Crippen molar-refractivity contribution in [3.05, 3.63) is 82.8 Å². The van der Waals surface area contributed by atoms with E-state index in [1.54, 1.807) is 0 Å². The SMILES string of the molecule is CCOC(=O)c1c(CCCOc2cccc3ccc(C)cc23)c2cccc3c2n1CCCCOCc1n[nH]c(C)c1-3. The molecule has 0 bridgehead atoms. The first-order valence-electron chi connectivity index (χ1n) is 14.6. The fourth-order valence-corrected chi connectivity index (χ4v) is 6.09. The first kappa shape index (κ1) is 27.1. The third-order valence-electron chi connectivity index (χ3n) is 7.93. The highest BCUT2D eigenvalue weighted by atomic mass is 16.5. The quantitative estimate of drug-likeness (QED) is 0.170. The Hall–Kier alpha value is -4.10. The molecule has 7 heteroatoms. The minimum absolute atomic E-state index is 0.273. The predicted molar refractivity (Wildman–Crippen MR) is 162 cm³/mol. The van der Waals surface area contributed by atoms with Crippen molar-refractivity contribution in [3.8, 4) is 16.9 Å². The summed E-state index contributed by atoms with van der Waals surface area (Å²) in [5.41, 5.74) is 7.93. The zero-order valence-corrected chi connectivity index (χ0v) is 24.1. The average Bonchev–Trinajstić information content (AvgIpc) is 3.49. The minimum Gasteiger partial charge on any atom is -0.493 e. The lowest BCUT2D eigenvalue weighted by molar-refractivity contribution is 0.0512. The number of ether oxygens (including phenoxy) is 3.